The second kappa shape index (κ2) is 7.54. The van der Waals surface area contributed by atoms with Crippen molar-refractivity contribution in [1.29, 1.82) is 0 Å². The van der Waals surface area contributed by atoms with Crippen LogP contribution in [0.2, 0.25) is 0 Å². The van der Waals surface area contributed by atoms with Gasteiger partial charge in [-0.15, -0.1) is 24.2 Å². The smallest absolute Gasteiger partial charge is 0.250 e. The molecule has 0 spiro atoms. The summed E-state index contributed by atoms with van der Waals surface area (Å²) in [5, 5.41) is 6.56. The monoisotopic (exact) mass is 398 g/mol. The fourth-order valence-electron chi connectivity index (χ4n) is 3.10. The van der Waals surface area contributed by atoms with Crippen LogP contribution in [-0.4, -0.2) is 27.1 Å². The average Bonchev–Trinajstić information content (AvgIpc) is 3.07. The van der Waals surface area contributed by atoms with Crippen molar-refractivity contribution in [2.24, 2.45) is 5.73 Å². The molecule has 1 aromatic heterocycles. The van der Waals surface area contributed by atoms with Crippen LogP contribution in [0.15, 0.2) is 28.8 Å². The van der Waals surface area contributed by atoms with Gasteiger partial charge in [0.05, 0.1) is 10.8 Å². The van der Waals surface area contributed by atoms with Gasteiger partial charge in [0.25, 0.3) is 0 Å². The van der Waals surface area contributed by atoms with E-state index in [0.717, 1.165) is 19.3 Å². The SMILES string of the molecule is Cl.NC1(c2noc(C3CSC(Cc4ccccc4F)C(=O)N3)n2)CCC1. The Balaban J connectivity index is 0.00000196. The van der Waals surface area contributed by atoms with Gasteiger partial charge in [-0.05, 0) is 37.3 Å². The van der Waals surface area contributed by atoms with Crippen molar-refractivity contribution in [3.05, 3.63) is 47.4 Å². The molecule has 3 N–H and O–H groups in total. The van der Waals surface area contributed by atoms with E-state index >= 15 is 0 Å². The van der Waals surface area contributed by atoms with Crippen LogP contribution in [-0.2, 0) is 16.8 Å². The van der Waals surface area contributed by atoms with Crippen molar-refractivity contribution in [1.82, 2.24) is 15.5 Å². The van der Waals surface area contributed by atoms with E-state index in [0.29, 0.717) is 29.5 Å². The zero-order valence-corrected chi connectivity index (χ0v) is 15.6. The normalized spacial score (nSPS) is 24.3. The van der Waals surface area contributed by atoms with Gasteiger partial charge in [0, 0.05) is 5.75 Å². The van der Waals surface area contributed by atoms with Gasteiger partial charge in [0.2, 0.25) is 11.8 Å². The standard InChI is InChI=1S/C17H19FN4O2S.ClH/c18-11-5-2-1-4-10(11)8-13-14(23)20-12(9-25-13)15-21-16(22-24-15)17(19)6-3-7-17;/h1-2,4-5,12-13H,3,6-9,19H2,(H,20,23);1H. The fourth-order valence-corrected chi connectivity index (χ4v) is 4.27. The number of hydrogen-bond donors (Lipinski definition) is 2. The molecule has 140 valence electrons. The highest BCUT2D eigenvalue weighted by atomic mass is 35.5. The maximum atomic E-state index is 13.8. The van der Waals surface area contributed by atoms with E-state index in [1.165, 1.54) is 17.8 Å². The Morgan fingerprint density at radius 2 is 2.15 bits per heavy atom. The molecule has 2 heterocycles. The van der Waals surface area contributed by atoms with Gasteiger partial charge in [0.1, 0.15) is 11.9 Å². The summed E-state index contributed by atoms with van der Waals surface area (Å²) >= 11 is 1.48. The minimum atomic E-state index is -0.485. The molecule has 0 radical (unpaired) electrons. The number of halogens is 2. The third kappa shape index (κ3) is 3.58. The molecule has 2 fully saturated rings. The molecule has 2 atom stereocenters. The lowest BCUT2D eigenvalue weighted by Gasteiger charge is -2.34. The highest BCUT2D eigenvalue weighted by molar-refractivity contribution is 8.00. The minimum absolute atomic E-state index is 0. The van der Waals surface area contributed by atoms with Gasteiger partial charge in [-0.1, -0.05) is 23.4 Å². The lowest BCUT2D eigenvalue weighted by molar-refractivity contribution is -0.121. The number of carbonyl (C=O) groups excluding carboxylic acids is 1. The molecule has 6 nitrogen and oxygen atoms in total. The summed E-state index contributed by atoms with van der Waals surface area (Å²) in [7, 11) is 0. The number of nitrogens with zero attached hydrogens (tertiary/aromatic N) is 2. The van der Waals surface area contributed by atoms with Crippen LogP contribution in [0.1, 0.15) is 42.6 Å². The number of benzene rings is 1. The van der Waals surface area contributed by atoms with E-state index in [1.807, 2.05) is 0 Å². The number of hydrogen-bond acceptors (Lipinski definition) is 6. The quantitative estimate of drug-likeness (QED) is 0.821. The zero-order chi connectivity index (χ0) is 17.4. The molecule has 2 aliphatic rings. The first kappa shape index (κ1) is 19.1. The summed E-state index contributed by atoms with van der Waals surface area (Å²) < 4.78 is 19.1. The van der Waals surface area contributed by atoms with Crippen LogP contribution >= 0.6 is 24.2 Å². The van der Waals surface area contributed by atoms with Crippen LogP contribution < -0.4 is 11.1 Å². The van der Waals surface area contributed by atoms with E-state index in [1.54, 1.807) is 18.2 Å². The molecule has 1 saturated heterocycles. The molecule has 26 heavy (non-hydrogen) atoms. The summed E-state index contributed by atoms with van der Waals surface area (Å²) in [6, 6.07) is 6.20. The molecule has 2 unspecified atom stereocenters. The highest BCUT2D eigenvalue weighted by Gasteiger charge is 2.40. The molecular formula is C17H20ClFN4O2S. The van der Waals surface area contributed by atoms with Crippen LogP contribution in [0.3, 0.4) is 0 Å². The van der Waals surface area contributed by atoms with Gasteiger partial charge in [-0.25, -0.2) is 4.39 Å². The zero-order valence-electron chi connectivity index (χ0n) is 14.0. The van der Waals surface area contributed by atoms with E-state index in [-0.39, 0.29) is 35.4 Å². The van der Waals surface area contributed by atoms with Crippen molar-refractivity contribution in [3.63, 3.8) is 0 Å². The van der Waals surface area contributed by atoms with E-state index in [4.69, 9.17) is 10.3 Å². The molecule has 1 aliphatic carbocycles. The van der Waals surface area contributed by atoms with Crippen molar-refractivity contribution < 1.29 is 13.7 Å². The molecule has 1 aromatic carbocycles. The summed E-state index contributed by atoms with van der Waals surface area (Å²) in [5.41, 5.74) is 6.26. The maximum Gasteiger partial charge on any atom is 0.250 e. The van der Waals surface area contributed by atoms with Gasteiger partial charge < -0.3 is 15.6 Å². The number of carbonyl (C=O) groups is 1. The Morgan fingerprint density at radius 3 is 2.81 bits per heavy atom. The number of thioether (sulfide) groups is 1. The predicted molar refractivity (Wildman–Crippen MR) is 98.5 cm³/mol. The molecular weight excluding hydrogens is 379 g/mol. The first-order valence-corrected chi connectivity index (χ1v) is 9.38. The Morgan fingerprint density at radius 1 is 1.38 bits per heavy atom. The first-order chi connectivity index (χ1) is 12.0. The average molecular weight is 399 g/mol. The molecule has 1 amide bonds. The molecule has 4 rings (SSSR count). The highest BCUT2D eigenvalue weighted by Crippen LogP contribution is 2.37. The van der Waals surface area contributed by atoms with Crippen LogP contribution in [0.5, 0.6) is 0 Å². The Labute approximate surface area is 160 Å². The minimum Gasteiger partial charge on any atom is -0.343 e. The number of aromatic nitrogens is 2. The largest absolute Gasteiger partial charge is 0.343 e. The van der Waals surface area contributed by atoms with Gasteiger partial charge in [-0.3, -0.25) is 4.79 Å². The lowest BCUT2D eigenvalue weighted by atomic mass is 9.77. The summed E-state index contributed by atoms with van der Waals surface area (Å²) in [5.74, 6) is 1.08. The molecule has 0 bridgehead atoms. The van der Waals surface area contributed by atoms with Crippen LogP contribution in [0.4, 0.5) is 4.39 Å². The third-order valence-electron chi connectivity index (χ3n) is 4.87. The van der Waals surface area contributed by atoms with E-state index in [9.17, 15) is 9.18 Å². The fraction of sp³-hybridized carbons (Fsp3) is 0.471. The van der Waals surface area contributed by atoms with Crippen molar-refractivity contribution in [3.8, 4) is 0 Å². The number of amides is 1. The number of nitrogens with one attached hydrogen (secondary N) is 1. The molecule has 1 aliphatic heterocycles. The van der Waals surface area contributed by atoms with Gasteiger partial charge in [-0.2, -0.15) is 4.98 Å². The van der Waals surface area contributed by atoms with Crippen molar-refractivity contribution in [2.75, 3.05) is 5.75 Å². The first-order valence-electron chi connectivity index (χ1n) is 8.33. The molecule has 2 aromatic rings. The summed E-state index contributed by atoms with van der Waals surface area (Å²) in [6.45, 7) is 0. The second-order valence-electron chi connectivity index (χ2n) is 6.64. The topological polar surface area (TPSA) is 94.0 Å². The van der Waals surface area contributed by atoms with E-state index in [2.05, 4.69) is 15.5 Å². The maximum absolute atomic E-state index is 13.8. The molecule has 1 saturated carbocycles. The number of nitrogens with two attached hydrogens (primary N) is 1. The van der Waals surface area contributed by atoms with Gasteiger partial charge >= 0.3 is 0 Å². The second-order valence-corrected chi connectivity index (χ2v) is 7.88. The van der Waals surface area contributed by atoms with Gasteiger partial charge in [0.15, 0.2) is 5.82 Å². The summed E-state index contributed by atoms with van der Waals surface area (Å²) in [4.78, 5) is 16.8. The van der Waals surface area contributed by atoms with Crippen LogP contribution in [0.25, 0.3) is 0 Å². The lowest BCUT2D eigenvalue weighted by Crippen LogP contribution is -2.44. The third-order valence-corrected chi connectivity index (χ3v) is 6.18. The van der Waals surface area contributed by atoms with E-state index < -0.39 is 5.54 Å². The summed E-state index contributed by atoms with van der Waals surface area (Å²) in [6.07, 6.45) is 3.12. The van der Waals surface area contributed by atoms with Crippen LogP contribution in [0, 0.1) is 5.82 Å². The predicted octanol–water partition coefficient (Wildman–Crippen LogP) is 2.48. The van der Waals surface area contributed by atoms with Crippen molar-refractivity contribution in [2.45, 2.75) is 42.5 Å². The Kier molecular flexibility index (Phi) is 5.55. The Bertz CT molecular complexity index is 799. The van der Waals surface area contributed by atoms with Crippen molar-refractivity contribution >= 4 is 30.1 Å². The Hall–Kier alpha value is -1.64. The molecule has 9 heteroatoms. The number of rotatable bonds is 4.